The molecule has 0 amide bonds. The Morgan fingerprint density at radius 1 is 1.26 bits per heavy atom. The summed E-state index contributed by atoms with van der Waals surface area (Å²) in [6, 6.07) is 9.93. The fraction of sp³-hybridized carbons (Fsp3) is 0.562. The predicted molar refractivity (Wildman–Crippen MR) is 75.6 cm³/mol. The highest BCUT2D eigenvalue weighted by Crippen LogP contribution is 2.28. The van der Waals surface area contributed by atoms with Gasteiger partial charge in [-0.25, -0.2) is 0 Å². The first kappa shape index (κ1) is 14.0. The van der Waals surface area contributed by atoms with Crippen molar-refractivity contribution in [3.8, 4) is 6.07 Å². The summed E-state index contributed by atoms with van der Waals surface area (Å²) in [6.45, 7) is 2.74. The van der Waals surface area contributed by atoms with Gasteiger partial charge in [0.05, 0.1) is 17.2 Å². The molecule has 3 nitrogen and oxygen atoms in total. The minimum absolute atomic E-state index is 0.193. The molecule has 1 atom stereocenters. The normalized spacial score (nSPS) is 19.6. The SMILES string of the molecule is CC(NCC1(O)CCCCC1)c1ccc(C#N)cc1. The van der Waals surface area contributed by atoms with Crippen LogP contribution in [0.15, 0.2) is 24.3 Å². The van der Waals surface area contributed by atoms with E-state index in [-0.39, 0.29) is 6.04 Å². The van der Waals surface area contributed by atoms with Gasteiger partial charge in [-0.2, -0.15) is 5.26 Å². The topological polar surface area (TPSA) is 56.0 Å². The number of aliphatic hydroxyl groups is 1. The van der Waals surface area contributed by atoms with Crippen LogP contribution in [-0.2, 0) is 0 Å². The van der Waals surface area contributed by atoms with Gasteiger partial charge < -0.3 is 10.4 Å². The molecular weight excluding hydrogens is 236 g/mol. The summed E-state index contributed by atoms with van der Waals surface area (Å²) < 4.78 is 0. The van der Waals surface area contributed by atoms with E-state index in [1.54, 1.807) is 0 Å². The van der Waals surface area contributed by atoms with Crippen LogP contribution < -0.4 is 5.32 Å². The van der Waals surface area contributed by atoms with Gasteiger partial charge in [0.25, 0.3) is 0 Å². The molecule has 0 aliphatic heterocycles. The number of hydrogen-bond acceptors (Lipinski definition) is 3. The number of benzene rings is 1. The van der Waals surface area contributed by atoms with E-state index >= 15 is 0 Å². The summed E-state index contributed by atoms with van der Waals surface area (Å²) in [4.78, 5) is 0. The summed E-state index contributed by atoms with van der Waals surface area (Å²) in [6.07, 6.45) is 5.31. The molecule has 1 unspecified atom stereocenters. The Hall–Kier alpha value is -1.37. The molecule has 0 heterocycles. The zero-order chi connectivity index (χ0) is 13.7. The lowest BCUT2D eigenvalue weighted by Gasteiger charge is -2.33. The van der Waals surface area contributed by atoms with Crippen LogP contribution in [0.1, 0.15) is 56.2 Å². The monoisotopic (exact) mass is 258 g/mol. The van der Waals surface area contributed by atoms with E-state index in [0.29, 0.717) is 12.1 Å². The number of hydrogen-bond donors (Lipinski definition) is 2. The molecule has 0 bridgehead atoms. The Bertz CT molecular complexity index is 441. The molecule has 0 saturated heterocycles. The van der Waals surface area contributed by atoms with Crippen molar-refractivity contribution in [2.45, 2.75) is 50.7 Å². The van der Waals surface area contributed by atoms with Crippen molar-refractivity contribution in [3.63, 3.8) is 0 Å². The van der Waals surface area contributed by atoms with Crippen molar-refractivity contribution in [2.75, 3.05) is 6.54 Å². The molecule has 102 valence electrons. The maximum Gasteiger partial charge on any atom is 0.0991 e. The minimum atomic E-state index is -0.529. The molecule has 1 aliphatic rings. The predicted octanol–water partition coefficient (Wildman–Crippen LogP) is 2.90. The summed E-state index contributed by atoms with van der Waals surface area (Å²) >= 11 is 0. The van der Waals surface area contributed by atoms with Crippen LogP contribution in [-0.4, -0.2) is 17.3 Å². The maximum atomic E-state index is 10.4. The zero-order valence-electron chi connectivity index (χ0n) is 11.5. The van der Waals surface area contributed by atoms with Crippen LogP contribution in [0.5, 0.6) is 0 Å². The molecule has 1 aliphatic carbocycles. The lowest BCUT2D eigenvalue weighted by Crippen LogP contribution is -2.42. The average Bonchev–Trinajstić information content (AvgIpc) is 2.46. The number of nitrogens with one attached hydrogen (secondary N) is 1. The Kier molecular flexibility index (Phi) is 4.57. The van der Waals surface area contributed by atoms with Crippen molar-refractivity contribution in [2.24, 2.45) is 0 Å². The van der Waals surface area contributed by atoms with Crippen LogP contribution in [0.25, 0.3) is 0 Å². The van der Waals surface area contributed by atoms with Crippen molar-refractivity contribution in [3.05, 3.63) is 35.4 Å². The first-order valence-corrected chi connectivity index (χ1v) is 7.09. The van der Waals surface area contributed by atoms with Crippen molar-refractivity contribution in [1.29, 1.82) is 5.26 Å². The van der Waals surface area contributed by atoms with Crippen molar-refractivity contribution < 1.29 is 5.11 Å². The Labute approximate surface area is 115 Å². The summed E-state index contributed by atoms with van der Waals surface area (Å²) in [5.41, 5.74) is 1.30. The molecule has 19 heavy (non-hydrogen) atoms. The fourth-order valence-corrected chi connectivity index (χ4v) is 2.69. The van der Waals surface area contributed by atoms with Crippen LogP contribution >= 0.6 is 0 Å². The van der Waals surface area contributed by atoms with Gasteiger partial charge in [-0.05, 0) is 37.5 Å². The second kappa shape index (κ2) is 6.18. The van der Waals surface area contributed by atoms with E-state index in [1.165, 1.54) is 6.42 Å². The second-order valence-corrected chi connectivity index (χ2v) is 5.62. The van der Waals surface area contributed by atoms with Crippen molar-refractivity contribution >= 4 is 0 Å². The van der Waals surface area contributed by atoms with Gasteiger partial charge in [0, 0.05) is 12.6 Å². The van der Waals surface area contributed by atoms with Crippen LogP contribution in [0.4, 0.5) is 0 Å². The molecule has 2 N–H and O–H groups in total. The molecule has 0 spiro atoms. The van der Waals surface area contributed by atoms with E-state index < -0.39 is 5.60 Å². The van der Waals surface area contributed by atoms with E-state index in [4.69, 9.17) is 5.26 Å². The summed E-state index contributed by atoms with van der Waals surface area (Å²) in [7, 11) is 0. The minimum Gasteiger partial charge on any atom is -0.389 e. The van der Waals surface area contributed by atoms with Gasteiger partial charge in [0.15, 0.2) is 0 Å². The molecule has 1 fully saturated rings. The highest BCUT2D eigenvalue weighted by atomic mass is 16.3. The van der Waals surface area contributed by atoms with Crippen LogP contribution in [0, 0.1) is 11.3 Å². The van der Waals surface area contributed by atoms with Gasteiger partial charge in [-0.1, -0.05) is 31.4 Å². The first-order valence-electron chi connectivity index (χ1n) is 7.09. The fourth-order valence-electron chi connectivity index (χ4n) is 2.69. The van der Waals surface area contributed by atoms with Gasteiger partial charge in [0.2, 0.25) is 0 Å². The Morgan fingerprint density at radius 3 is 2.47 bits per heavy atom. The van der Waals surface area contributed by atoms with E-state index in [2.05, 4.69) is 18.3 Å². The van der Waals surface area contributed by atoms with E-state index in [9.17, 15) is 5.11 Å². The third-order valence-corrected chi connectivity index (χ3v) is 4.06. The summed E-state index contributed by atoms with van der Waals surface area (Å²) in [5, 5.41) is 22.6. The smallest absolute Gasteiger partial charge is 0.0991 e. The molecule has 1 aromatic carbocycles. The molecule has 3 heteroatoms. The zero-order valence-corrected chi connectivity index (χ0v) is 11.5. The Balaban J connectivity index is 1.89. The standard InChI is InChI=1S/C16H22N2O/c1-13(15-7-5-14(11-17)6-8-15)18-12-16(19)9-3-2-4-10-16/h5-8,13,18-19H,2-4,9-10,12H2,1H3. The van der Waals surface area contributed by atoms with Gasteiger partial charge in [-0.3, -0.25) is 0 Å². The van der Waals surface area contributed by atoms with Crippen LogP contribution in [0.2, 0.25) is 0 Å². The lowest BCUT2D eigenvalue weighted by atomic mass is 9.84. The maximum absolute atomic E-state index is 10.4. The summed E-state index contributed by atoms with van der Waals surface area (Å²) in [5.74, 6) is 0. The second-order valence-electron chi connectivity index (χ2n) is 5.62. The van der Waals surface area contributed by atoms with Gasteiger partial charge in [-0.15, -0.1) is 0 Å². The Morgan fingerprint density at radius 2 is 1.89 bits per heavy atom. The van der Waals surface area contributed by atoms with Crippen LogP contribution in [0.3, 0.4) is 0 Å². The average molecular weight is 258 g/mol. The molecular formula is C16H22N2O. The molecule has 2 rings (SSSR count). The molecule has 1 saturated carbocycles. The van der Waals surface area contributed by atoms with Crippen molar-refractivity contribution in [1.82, 2.24) is 5.32 Å². The van der Waals surface area contributed by atoms with E-state index in [0.717, 1.165) is 31.2 Å². The third kappa shape index (κ3) is 3.79. The number of nitrogens with zero attached hydrogens (tertiary/aromatic N) is 1. The number of nitriles is 1. The largest absolute Gasteiger partial charge is 0.389 e. The first-order chi connectivity index (χ1) is 9.13. The van der Waals surface area contributed by atoms with Gasteiger partial charge >= 0.3 is 0 Å². The molecule has 0 radical (unpaired) electrons. The quantitative estimate of drug-likeness (QED) is 0.873. The van der Waals surface area contributed by atoms with E-state index in [1.807, 2.05) is 24.3 Å². The number of rotatable bonds is 4. The molecule has 1 aromatic rings. The third-order valence-electron chi connectivity index (χ3n) is 4.06. The highest BCUT2D eigenvalue weighted by Gasteiger charge is 2.29. The highest BCUT2D eigenvalue weighted by molar-refractivity contribution is 5.32. The van der Waals surface area contributed by atoms with Gasteiger partial charge in [0.1, 0.15) is 0 Å². The lowest BCUT2D eigenvalue weighted by molar-refractivity contribution is 0.00300. The molecule has 0 aromatic heterocycles.